The average molecular weight is 464 g/mol. The van der Waals surface area contributed by atoms with Gasteiger partial charge in [-0.2, -0.15) is 0 Å². The monoisotopic (exact) mass is 463 g/mol. The van der Waals surface area contributed by atoms with Crippen molar-refractivity contribution in [2.45, 2.75) is 32.1 Å². The lowest BCUT2D eigenvalue weighted by atomic mass is 10.1. The van der Waals surface area contributed by atoms with E-state index in [1.807, 2.05) is 40.5 Å². The van der Waals surface area contributed by atoms with Crippen molar-refractivity contribution in [3.05, 3.63) is 89.2 Å². The van der Waals surface area contributed by atoms with E-state index in [1.165, 1.54) is 23.3 Å². The lowest BCUT2D eigenvalue weighted by Crippen LogP contribution is -2.31. The Hall–Kier alpha value is -3.65. The van der Waals surface area contributed by atoms with Crippen molar-refractivity contribution in [2.75, 3.05) is 6.61 Å². The first kappa shape index (κ1) is 22.5. The smallest absolute Gasteiger partial charge is 0.421 e. The van der Waals surface area contributed by atoms with E-state index in [2.05, 4.69) is 31.0 Å². The summed E-state index contributed by atoms with van der Waals surface area (Å²) in [5.41, 5.74) is 7.27. The van der Waals surface area contributed by atoms with E-state index in [4.69, 9.17) is 4.74 Å². The zero-order valence-electron chi connectivity index (χ0n) is 18.7. The highest BCUT2D eigenvalue weighted by Gasteiger charge is 2.18. The van der Waals surface area contributed by atoms with Gasteiger partial charge in [0.1, 0.15) is 6.33 Å². The first-order valence-electron chi connectivity index (χ1n) is 10.5. The summed E-state index contributed by atoms with van der Waals surface area (Å²) in [5.74, 6) is 0. The summed E-state index contributed by atoms with van der Waals surface area (Å²) in [5, 5.41) is 0. The molecule has 0 saturated carbocycles. The van der Waals surface area contributed by atoms with Crippen molar-refractivity contribution in [1.29, 1.82) is 0 Å². The minimum Gasteiger partial charge on any atom is -0.448 e. The molecular formula is C25H25N3O4S. The number of hydrogen-bond acceptors (Lipinski definition) is 5. The quantitative estimate of drug-likeness (QED) is 0.451. The van der Waals surface area contributed by atoms with Gasteiger partial charge in [0.25, 0.3) is 10.0 Å². The van der Waals surface area contributed by atoms with Crippen molar-refractivity contribution in [3.8, 4) is 5.69 Å². The number of aryl methyl sites for hydroxylation is 3. The molecule has 7 nitrogen and oxygen atoms in total. The molecule has 8 heteroatoms. The van der Waals surface area contributed by atoms with Crippen LogP contribution in [0.5, 0.6) is 0 Å². The van der Waals surface area contributed by atoms with Gasteiger partial charge in [0.15, 0.2) is 0 Å². The van der Waals surface area contributed by atoms with Gasteiger partial charge in [0.2, 0.25) is 0 Å². The van der Waals surface area contributed by atoms with Gasteiger partial charge in [-0.25, -0.2) is 22.9 Å². The van der Waals surface area contributed by atoms with Crippen LogP contribution in [0.4, 0.5) is 4.79 Å². The molecule has 4 rings (SSSR count). The zero-order chi connectivity index (χ0) is 23.6. The highest BCUT2D eigenvalue weighted by molar-refractivity contribution is 7.90. The van der Waals surface area contributed by atoms with E-state index in [9.17, 15) is 13.2 Å². The maximum absolute atomic E-state index is 12.3. The minimum absolute atomic E-state index is 0.0121. The van der Waals surface area contributed by atoms with Crippen LogP contribution in [0, 0.1) is 20.8 Å². The number of ether oxygens (including phenoxy) is 1. The van der Waals surface area contributed by atoms with Crippen molar-refractivity contribution < 1.29 is 17.9 Å². The minimum atomic E-state index is -3.96. The Labute approximate surface area is 193 Å². The predicted octanol–water partition coefficient (Wildman–Crippen LogP) is 4.61. The van der Waals surface area contributed by atoms with Gasteiger partial charge in [0, 0.05) is 12.1 Å². The Kier molecular flexibility index (Phi) is 6.20. The molecule has 1 N–H and O–H groups in total. The van der Waals surface area contributed by atoms with E-state index in [0.29, 0.717) is 6.42 Å². The van der Waals surface area contributed by atoms with Crippen molar-refractivity contribution >= 4 is 27.1 Å². The second-order valence-corrected chi connectivity index (χ2v) is 9.69. The number of hydrogen-bond donors (Lipinski definition) is 1. The fourth-order valence-corrected chi connectivity index (χ4v) is 4.36. The molecule has 0 aliphatic carbocycles. The normalized spacial score (nSPS) is 11.5. The van der Waals surface area contributed by atoms with Crippen molar-refractivity contribution in [3.63, 3.8) is 0 Å². The highest BCUT2D eigenvalue weighted by Crippen LogP contribution is 2.22. The lowest BCUT2D eigenvalue weighted by Gasteiger charge is -2.09. The SMILES string of the molecule is Cc1ccc(S(=O)(=O)NC(=O)OCCc2ccc(-n3cnc4cc(C)c(C)cc43)cc2)cc1. The number of nitrogens with one attached hydrogen (secondary N) is 1. The fourth-order valence-electron chi connectivity index (χ4n) is 3.47. The molecule has 4 aromatic rings. The van der Waals surface area contributed by atoms with Crippen LogP contribution in [0.25, 0.3) is 16.7 Å². The van der Waals surface area contributed by atoms with E-state index in [0.717, 1.165) is 27.8 Å². The Bertz CT molecular complexity index is 1410. The second kappa shape index (κ2) is 9.07. The molecule has 1 amide bonds. The number of carbonyl (C=O) groups excluding carboxylic acids is 1. The molecule has 3 aromatic carbocycles. The average Bonchev–Trinajstić information content (AvgIpc) is 3.17. The molecule has 1 aromatic heterocycles. The largest absolute Gasteiger partial charge is 0.448 e. The van der Waals surface area contributed by atoms with Gasteiger partial charge in [-0.05, 0) is 73.9 Å². The van der Waals surface area contributed by atoms with Gasteiger partial charge in [0.05, 0.1) is 22.5 Å². The first-order chi connectivity index (χ1) is 15.7. The standard InChI is InChI=1S/C25H25N3O4S/c1-17-4-10-22(11-5-17)33(30,31)27-25(29)32-13-12-20-6-8-21(9-7-20)28-16-26-23-14-18(2)19(3)15-24(23)28/h4-11,14-16H,12-13H2,1-3H3,(H,27,29). The first-order valence-corrected chi connectivity index (χ1v) is 12.0. The molecule has 0 spiro atoms. The number of aromatic nitrogens is 2. The van der Waals surface area contributed by atoms with Crippen molar-refractivity contribution in [2.24, 2.45) is 0 Å². The Balaban J connectivity index is 1.35. The van der Waals surface area contributed by atoms with E-state index < -0.39 is 16.1 Å². The topological polar surface area (TPSA) is 90.3 Å². The second-order valence-electron chi connectivity index (χ2n) is 8.01. The summed E-state index contributed by atoms with van der Waals surface area (Å²) in [6, 6.07) is 18.3. The number of fused-ring (bicyclic) bond motifs is 1. The third-order valence-corrected chi connectivity index (χ3v) is 6.88. The molecule has 0 saturated heterocycles. The number of nitrogens with zero attached hydrogens (tertiary/aromatic N) is 2. The fraction of sp³-hybridized carbons (Fsp3) is 0.200. The maximum atomic E-state index is 12.3. The summed E-state index contributed by atoms with van der Waals surface area (Å²) in [7, 11) is -3.96. The van der Waals surface area contributed by atoms with E-state index in [1.54, 1.807) is 18.5 Å². The molecule has 0 aliphatic heterocycles. The number of benzene rings is 3. The molecule has 0 atom stereocenters. The third-order valence-electron chi connectivity index (χ3n) is 5.55. The van der Waals surface area contributed by atoms with Crippen LogP contribution in [0.2, 0.25) is 0 Å². The summed E-state index contributed by atoms with van der Waals surface area (Å²) < 4.78 is 33.5. The molecule has 33 heavy (non-hydrogen) atoms. The van der Waals surface area contributed by atoms with Gasteiger partial charge >= 0.3 is 6.09 Å². The molecule has 170 valence electrons. The van der Waals surface area contributed by atoms with Crippen LogP contribution in [0.3, 0.4) is 0 Å². The maximum Gasteiger partial charge on any atom is 0.421 e. The Morgan fingerprint density at radius 3 is 2.33 bits per heavy atom. The number of rotatable bonds is 6. The van der Waals surface area contributed by atoms with E-state index >= 15 is 0 Å². The van der Waals surface area contributed by atoms with Crippen LogP contribution in [-0.4, -0.2) is 30.7 Å². The summed E-state index contributed by atoms with van der Waals surface area (Å²) >= 11 is 0. The molecule has 0 bridgehead atoms. The number of imidazole rings is 1. The van der Waals surface area contributed by atoms with E-state index in [-0.39, 0.29) is 11.5 Å². The summed E-state index contributed by atoms with van der Waals surface area (Å²) in [6.07, 6.45) is 1.27. The van der Waals surface area contributed by atoms with Gasteiger partial charge in [-0.3, -0.25) is 4.57 Å². The van der Waals surface area contributed by atoms with Crippen LogP contribution >= 0.6 is 0 Å². The number of amides is 1. The number of carbonyl (C=O) groups is 1. The summed E-state index contributed by atoms with van der Waals surface area (Å²) in [4.78, 5) is 16.5. The molecular weight excluding hydrogens is 438 g/mol. The van der Waals surface area contributed by atoms with Gasteiger partial charge in [-0.15, -0.1) is 0 Å². The Morgan fingerprint density at radius 1 is 0.970 bits per heavy atom. The zero-order valence-corrected chi connectivity index (χ0v) is 19.5. The molecule has 0 aliphatic rings. The predicted molar refractivity (Wildman–Crippen MR) is 127 cm³/mol. The lowest BCUT2D eigenvalue weighted by molar-refractivity contribution is 0.154. The van der Waals surface area contributed by atoms with Gasteiger partial charge < -0.3 is 4.74 Å². The molecule has 0 radical (unpaired) electrons. The highest BCUT2D eigenvalue weighted by atomic mass is 32.2. The third kappa shape index (κ3) is 5.06. The van der Waals surface area contributed by atoms with Gasteiger partial charge in [-0.1, -0.05) is 29.8 Å². The van der Waals surface area contributed by atoms with Crippen LogP contribution in [0.15, 0.2) is 71.9 Å². The summed E-state index contributed by atoms with van der Waals surface area (Å²) in [6.45, 7) is 6.06. The molecule has 0 unspecified atom stereocenters. The molecule has 0 fully saturated rings. The van der Waals surface area contributed by atoms with Crippen molar-refractivity contribution in [1.82, 2.24) is 14.3 Å². The van der Waals surface area contributed by atoms with Crippen LogP contribution in [-0.2, 0) is 21.2 Å². The Morgan fingerprint density at radius 2 is 1.64 bits per heavy atom. The number of sulfonamides is 1. The van der Waals surface area contributed by atoms with Crippen LogP contribution < -0.4 is 4.72 Å². The molecule has 1 heterocycles. The van der Waals surface area contributed by atoms with Crippen LogP contribution in [0.1, 0.15) is 22.3 Å².